The monoisotopic (exact) mass is 430 g/mol. The summed E-state index contributed by atoms with van der Waals surface area (Å²) in [7, 11) is 0. The van der Waals surface area contributed by atoms with Gasteiger partial charge in [0.05, 0.1) is 6.61 Å². The van der Waals surface area contributed by atoms with Crippen molar-refractivity contribution in [1.29, 1.82) is 0 Å². The fraction of sp³-hybridized carbons (Fsp3) is 0.417. The molecule has 0 aromatic heterocycles. The van der Waals surface area contributed by atoms with Crippen LogP contribution >= 0.6 is 11.6 Å². The molecule has 0 radical (unpaired) electrons. The van der Waals surface area contributed by atoms with Crippen LogP contribution in [0.15, 0.2) is 54.6 Å². The first-order valence-corrected chi connectivity index (χ1v) is 10.7. The normalized spacial score (nSPS) is 11.8. The van der Waals surface area contributed by atoms with Gasteiger partial charge in [-0.1, -0.05) is 61.8 Å². The van der Waals surface area contributed by atoms with Gasteiger partial charge in [0.1, 0.15) is 11.8 Å². The molecule has 2 amide bonds. The summed E-state index contributed by atoms with van der Waals surface area (Å²) in [6, 6.07) is 16.3. The molecular weight excluding hydrogens is 400 g/mol. The molecule has 2 rings (SSSR count). The van der Waals surface area contributed by atoms with Gasteiger partial charge in [0.25, 0.3) is 0 Å². The molecule has 0 saturated carbocycles. The van der Waals surface area contributed by atoms with E-state index in [0.717, 1.165) is 11.3 Å². The predicted octanol–water partition coefficient (Wildman–Crippen LogP) is 4.69. The van der Waals surface area contributed by atoms with Crippen LogP contribution < -0.4 is 10.1 Å². The van der Waals surface area contributed by atoms with E-state index in [1.807, 2.05) is 62.4 Å². The number of nitrogens with one attached hydrogen (secondary N) is 1. The minimum Gasteiger partial charge on any atom is -0.494 e. The van der Waals surface area contributed by atoms with Crippen molar-refractivity contribution in [2.45, 2.75) is 46.2 Å². The van der Waals surface area contributed by atoms with Gasteiger partial charge in [0.2, 0.25) is 11.8 Å². The van der Waals surface area contributed by atoms with Crippen LogP contribution in [0.1, 0.15) is 39.2 Å². The quantitative estimate of drug-likeness (QED) is 0.526. The highest BCUT2D eigenvalue weighted by molar-refractivity contribution is 6.31. The third-order valence-corrected chi connectivity index (χ3v) is 5.07. The fourth-order valence-electron chi connectivity index (χ4n) is 2.92. The highest BCUT2D eigenvalue weighted by atomic mass is 35.5. The summed E-state index contributed by atoms with van der Waals surface area (Å²) in [5.74, 6) is 0.853. The molecule has 0 saturated heterocycles. The minimum absolute atomic E-state index is 0.0984. The van der Waals surface area contributed by atoms with Gasteiger partial charge >= 0.3 is 0 Å². The van der Waals surface area contributed by atoms with E-state index in [2.05, 4.69) is 5.32 Å². The van der Waals surface area contributed by atoms with Crippen molar-refractivity contribution in [3.05, 3.63) is 65.2 Å². The molecule has 30 heavy (non-hydrogen) atoms. The van der Waals surface area contributed by atoms with Crippen molar-refractivity contribution in [2.24, 2.45) is 5.92 Å². The van der Waals surface area contributed by atoms with Crippen LogP contribution in [-0.4, -0.2) is 35.9 Å². The number of carbonyl (C=O) groups excluding carboxylic acids is 2. The second-order valence-electron chi connectivity index (χ2n) is 7.69. The van der Waals surface area contributed by atoms with E-state index in [9.17, 15) is 9.59 Å². The van der Waals surface area contributed by atoms with E-state index < -0.39 is 6.04 Å². The molecule has 0 fully saturated rings. The standard InChI is InChI=1S/C24H31ClN2O3/c1-18(2)16-26-24(29)19(3)27(17-20-10-7-8-13-22(20)25)23(28)14-9-15-30-21-11-5-4-6-12-21/h4-8,10-13,18-19H,9,14-17H2,1-3H3,(H,26,29). The van der Waals surface area contributed by atoms with Gasteiger partial charge in [0.15, 0.2) is 0 Å². The predicted molar refractivity (Wildman–Crippen MR) is 120 cm³/mol. The molecule has 1 atom stereocenters. The van der Waals surface area contributed by atoms with Crippen LogP contribution in [0.25, 0.3) is 0 Å². The molecule has 0 aliphatic carbocycles. The Bertz CT molecular complexity index is 811. The number of nitrogens with zero attached hydrogens (tertiary/aromatic N) is 1. The molecule has 0 spiro atoms. The molecule has 0 aliphatic heterocycles. The molecular formula is C24H31ClN2O3. The first-order valence-electron chi connectivity index (χ1n) is 10.4. The van der Waals surface area contributed by atoms with Crippen molar-refractivity contribution >= 4 is 23.4 Å². The summed E-state index contributed by atoms with van der Waals surface area (Å²) in [6.07, 6.45) is 0.853. The van der Waals surface area contributed by atoms with Gasteiger partial charge in [-0.3, -0.25) is 9.59 Å². The van der Waals surface area contributed by atoms with Gasteiger partial charge in [0, 0.05) is 24.5 Å². The van der Waals surface area contributed by atoms with Crippen molar-refractivity contribution in [3.8, 4) is 5.75 Å². The first kappa shape index (κ1) is 23.7. The number of halogens is 1. The zero-order valence-electron chi connectivity index (χ0n) is 17.9. The molecule has 0 bridgehead atoms. The summed E-state index contributed by atoms with van der Waals surface area (Å²) < 4.78 is 5.68. The zero-order chi connectivity index (χ0) is 21.9. The Morgan fingerprint density at radius 3 is 2.37 bits per heavy atom. The molecule has 1 unspecified atom stereocenters. The number of para-hydroxylation sites is 1. The third kappa shape index (κ3) is 7.71. The Hall–Kier alpha value is -2.53. The number of benzene rings is 2. The fourth-order valence-corrected chi connectivity index (χ4v) is 3.11. The van der Waals surface area contributed by atoms with Gasteiger partial charge in [-0.25, -0.2) is 0 Å². The Kier molecular flexibility index (Phi) is 9.68. The summed E-state index contributed by atoms with van der Waals surface area (Å²) in [6.45, 7) is 7.11. The summed E-state index contributed by atoms with van der Waals surface area (Å²) in [4.78, 5) is 27.2. The lowest BCUT2D eigenvalue weighted by Gasteiger charge is -2.29. The first-order chi connectivity index (χ1) is 14.4. The molecule has 0 heterocycles. The highest BCUT2D eigenvalue weighted by Crippen LogP contribution is 2.19. The maximum Gasteiger partial charge on any atom is 0.242 e. The topological polar surface area (TPSA) is 58.6 Å². The summed E-state index contributed by atoms with van der Waals surface area (Å²) >= 11 is 6.30. The van der Waals surface area contributed by atoms with E-state index in [1.54, 1.807) is 17.9 Å². The van der Waals surface area contributed by atoms with Crippen molar-refractivity contribution in [3.63, 3.8) is 0 Å². The van der Waals surface area contributed by atoms with Crippen molar-refractivity contribution < 1.29 is 14.3 Å². The second kappa shape index (κ2) is 12.2. The SMILES string of the molecule is CC(C)CNC(=O)C(C)N(Cc1ccccc1Cl)C(=O)CCCOc1ccccc1. The van der Waals surface area contributed by atoms with Crippen molar-refractivity contribution in [2.75, 3.05) is 13.2 Å². The molecule has 6 heteroatoms. The van der Waals surface area contributed by atoms with Crippen LogP contribution in [0, 0.1) is 5.92 Å². The highest BCUT2D eigenvalue weighted by Gasteiger charge is 2.26. The summed E-state index contributed by atoms with van der Waals surface area (Å²) in [5.41, 5.74) is 0.816. The molecule has 1 N–H and O–H groups in total. The average molecular weight is 431 g/mol. The number of rotatable bonds is 11. The van der Waals surface area contributed by atoms with E-state index in [4.69, 9.17) is 16.3 Å². The Balaban J connectivity index is 2.00. The molecule has 0 aliphatic rings. The van der Waals surface area contributed by atoms with Gasteiger partial charge in [-0.05, 0) is 43.0 Å². The maximum atomic E-state index is 13.0. The Morgan fingerprint density at radius 2 is 1.70 bits per heavy atom. The van der Waals surface area contributed by atoms with Crippen molar-refractivity contribution in [1.82, 2.24) is 10.2 Å². The lowest BCUT2D eigenvalue weighted by Crippen LogP contribution is -2.48. The van der Waals surface area contributed by atoms with E-state index >= 15 is 0 Å². The summed E-state index contributed by atoms with van der Waals surface area (Å²) in [5, 5.41) is 3.50. The average Bonchev–Trinajstić information content (AvgIpc) is 2.74. The minimum atomic E-state index is -0.595. The maximum absolute atomic E-state index is 13.0. The van der Waals surface area contributed by atoms with Crippen LogP contribution in [-0.2, 0) is 16.1 Å². The molecule has 162 valence electrons. The Labute approximate surface area is 184 Å². The lowest BCUT2D eigenvalue weighted by molar-refractivity contribution is -0.140. The molecule has 2 aromatic carbocycles. The van der Waals surface area contributed by atoms with Gasteiger partial charge in [-0.15, -0.1) is 0 Å². The lowest BCUT2D eigenvalue weighted by atomic mass is 10.1. The number of carbonyl (C=O) groups is 2. The second-order valence-corrected chi connectivity index (χ2v) is 8.10. The van der Waals surface area contributed by atoms with Crippen LogP contribution in [0.3, 0.4) is 0 Å². The molecule has 2 aromatic rings. The van der Waals surface area contributed by atoms with Gasteiger partial charge in [-0.2, -0.15) is 0 Å². The van der Waals surface area contributed by atoms with Crippen LogP contribution in [0.5, 0.6) is 5.75 Å². The number of amides is 2. The number of ether oxygens (including phenoxy) is 1. The van der Waals surface area contributed by atoms with Crippen LogP contribution in [0.2, 0.25) is 5.02 Å². The number of hydrogen-bond donors (Lipinski definition) is 1. The van der Waals surface area contributed by atoms with Gasteiger partial charge < -0.3 is 15.0 Å². The van der Waals surface area contributed by atoms with E-state index in [-0.39, 0.29) is 18.4 Å². The number of hydrogen-bond acceptors (Lipinski definition) is 3. The smallest absolute Gasteiger partial charge is 0.242 e. The van der Waals surface area contributed by atoms with Crippen LogP contribution in [0.4, 0.5) is 0 Å². The zero-order valence-corrected chi connectivity index (χ0v) is 18.7. The largest absolute Gasteiger partial charge is 0.494 e. The Morgan fingerprint density at radius 1 is 1.03 bits per heavy atom. The van der Waals surface area contributed by atoms with E-state index in [1.165, 1.54) is 0 Å². The van der Waals surface area contributed by atoms with E-state index in [0.29, 0.717) is 36.9 Å². The molecule has 5 nitrogen and oxygen atoms in total. The third-order valence-electron chi connectivity index (χ3n) is 4.70.